The fourth-order valence-electron chi connectivity index (χ4n) is 2.33. The fraction of sp³-hybridized carbons (Fsp3) is 0.462. The van der Waals surface area contributed by atoms with Crippen LogP contribution in [-0.4, -0.2) is 16.0 Å². The molecule has 2 aromatic rings. The molecule has 0 amide bonds. The second-order valence-electron chi connectivity index (χ2n) is 4.29. The number of aryl methyl sites for hydroxylation is 1. The van der Waals surface area contributed by atoms with E-state index in [4.69, 9.17) is 9.72 Å². The van der Waals surface area contributed by atoms with Crippen molar-refractivity contribution in [1.29, 1.82) is 0 Å². The molecule has 16 heavy (non-hydrogen) atoms. The predicted octanol–water partition coefficient (Wildman–Crippen LogP) is 2.75. The fourth-order valence-corrected chi connectivity index (χ4v) is 2.33. The molecule has 3 nitrogen and oxygen atoms in total. The summed E-state index contributed by atoms with van der Waals surface area (Å²) in [4.78, 5) is 4.70. The minimum Gasteiger partial charge on any atom is -0.372 e. The van der Waals surface area contributed by atoms with Gasteiger partial charge < -0.3 is 9.14 Å². The molecule has 1 aliphatic heterocycles. The number of pyridine rings is 1. The van der Waals surface area contributed by atoms with Crippen LogP contribution in [0.3, 0.4) is 0 Å². The number of rotatable bonds is 2. The van der Waals surface area contributed by atoms with Gasteiger partial charge in [-0.05, 0) is 30.9 Å². The van der Waals surface area contributed by atoms with Crippen LogP contribution < -0.4 is 0 Å². The Kier molecular flexibility index (Phi) is 2.40. The molecule has 3 heterocycles. The number of aromatic nitrogens is 2. The summed E-state index contributed by atoms with van der Waals surface area (Å²) in [7, 11) is 0. The molecular weight excluding hydrogens is 200 g/mol. The van der Waals surface area contributed by atoms with Crippen LogP contribution in [0.1, 0.15) is 37.1 Å². The third-order valence-corrected chi connectivity index (χ3v) is 3.22. The van der Waals surface area contributed by atoms with Gasteiger partial charge in [0, 0.05) is 19.0 Å². The second-order valence-corrected chi connectivity index (χ2v) is 4.29. The SMILES string of the molecule is CCc1cccn2cc(C3CCCO3)nc12. The molecule has 0 N–H and O–H groups in total. The lowest BCUT2D eigenvalue weighted by molar-refractivity contribution is 0.109. The van der Waals surface area contributed by atoms with Crippen molar-refractivity contribution in [2.75, 3.05) is 6.61 Å². The molecule has 0 saturated carbocycles. The Morgan fingerprint density at radius 2 is 2.50 bits per heavy atom. The first-order valence-corrected chi connectivity index (χ1v) is 5.96. The summed E-state index contributed by atoms with van der Waals surface area (Å²) < 4.78 is 7.77. The number of hydrogen-bond donors (Lipinski definition) is 0. The Bertz CT molecular complexity index is 498. The van der Waals surface area contributed by atoms with Crippen molar-refractivity contribution in [1.82, 2.24) is 9.38 Å². The van der Waals surface area contributed by atoms with Gasteiger partial charge in [0.15, 0.2) is 0 Å². The lowest BCUT2D eigenvalue weighted by atomic mass is 10.2. The Morgan fingerprint density at radius 1 is 1.56 bits per heavy atom. The van der Waals surface area contributed by atoms with Gasteiger partial charge in [-0.25, -0.2) is 4.98 Å². The topological polar surface area (TPSA) is 26.5 Å². The summed E-state index contributed by atoms with van der Waals surface area (Å²) in [5.74, 6) is 0. The van der Waals surface area contributed by atoms with Crippen LogP contribution in [0.2, 0.25) is 0 Å². The summed E-state index contributed by atoms with van der Waals surface area (Å²) in [6.45, 7) is 3.04. The van der Waals surface area contributed by atoms with Crippen LogP contribution in [-0.2, 0) is 11.2 Å². The van der Waals surface area contributed by atoms with Crippen LogP contribution in [0.15, 0.2) is 24.5 Å². The quantitative estimate of drug-likeness (QED) is 0.771. The Hall–Kier alpha value is -1.35. The van der Waals surface area contributed by atoms with Crippen molar-refractivity contribution in [3.8, 4) is 0 Å². The summed E-state index contributed by atoms with van der Waals surface area (Å²) in [6, 6.07) is 4.22. The maximum Gasteiger partial charge on any atom is 0.140 e. The second kappa shape index (κ2) is 3.91. The Morgan fingerprint density at radius 3 is 3.25 bits per heavy atom. The van der Waals surface area contributed by atoms with E-state index >= 15 is 0 Å². The van der Waals surface area contributed by atoms with Crippen molar-refractivity contribution >= 4 is 5.65 Å². The molecule has 1 fully saturated rings. The normalized spacial score (nSPS) is 20.7. The maximum atomic E-state index is 5.67. The monoisotopic (exact) mass is 216 g/mol. The van der Waals surface area contributed by atoms with Gasteiger partial charge in [-0.3, -0.25) is 0 Å². The van der Waals surface area contributed by atoms with Crippen molar-refractivity contribution in [2.24, 2.45) is 0 Å². The zero-order valence-corrected chi connectivity index (χ0v) is 9.52. The van der Waals surface area contributed by atoms with Gasteiger partial charge in [0.1, 0.15) is 11.8 Å². The van der Waals surface area contributed by atoms with Crippen molar-refractivity contribution in [2.45, 2.75) is 32.3 Å². The summed E-state index contributed by atoms with van der Waals surface area (Å²) in [5.41, 5.74) is 3.46. The molecule has 0 radical (unpaired) electrons. The molecular formula is C13H16N2O. The number of imidazole rings is 1. The highest BCUT2D eigenvalue weighted by Gasteiger charge is 2.20. The molecule has 3 rings (SSSR count). The van der Waals surface area contributed by atoms with E-state index in [2.05, 4.69) is 35.9 Å². The van der Waals surface area contributed by atoms with Crippen molar-refractivity contribution in [3.63, 3.8) is 0 Å². The van der Waals surface area contributed by atoms with Gasteiger partial charge in [-0.2, -0.15) is 0 Å². The standard InChI is InChI=1S/C13H16N2O/c1-2-10-5-3-7-15-9-11(14-13(10)15)12-6-4-8-16-12/h3,5,7,9,12H,2,4,6,8H2,1H3. The van der Waals surface area contributed by atoms with E-state index < -0.39 is 0 Å². The minimum absolute atomic E-state index is 0.213. The molecule has 0 aliphatic carbocycles. The molecule has 84 valence electrons. The van der Waals surface area contributed by atoms with Gasteiger partial charge in [-0.1, -0.05) is 13.0 Å². The van der Waals surface area contributed by atoms with Gasteiger partial charge in [-0.15, -0.1) is 0 Å². The van der Waals surface area contributed by atoms with Gasteiger partial charge >= 0.3 is 0 Å². The zero-order valence-electron chi connectivity index (χ0n) is 9.52. The summed E-state index contributed by atoms with van der Waals surface area (Å²) >= 11 is 0. The van der Waals surface area contributed by atoms with Crippen LogP contribution in [0, 0.1) is 0 Å². The first kappa shape index (κ1) is 9.85. The van der Waals surface area contributed by atoms with Crippen LogP contribution in [0.5, 0.6) is 0 Å². The summed E-state index contributed by atoms with van der Waals surface area (Å²) in [6.07, 6.45) is 7.64. The molecule has 0 bridgehead atoms. The number of nitrogens with zero attached hydrogens (tertiary/aromatic N) is 2. The molecule has 1 aliphatic rings. The van der Waals surface area contributed by atoms with E-state index in [1.807, 2.05) is 0 Å². The molecule has 1 atom stereocenters. The molecule has 2 aromatic heterocycles. The average Bonchev–Trinajstić information content (AvgIpc) is 2.96. The third kappa shape index (κ3) is 1.52. The van der Waals surface area contributed by atoms with Gasteiger partial charge in [0.2, 0.25) is 0 Å². The van der Waals surface area contributed by atoms with E-state index in [-0.39, 0.29) is 6.10 Å². The highest BCUT2D eigenvalue weighted by Crippen LogP contribution is 2.28. The molecule has 3 heteroatoms. The average molecular weight is 216 g/mol. The molecule has 1 unspecified atom stereocenters. The molecule has 0 aromatic carbocycles. The smallest absolute Gasteiger partial charge is 0.140 e. The van der Waals surface area contributed by atoms with Crippen LogP contribution >= 0.6 is 0 Å². The van der Waals surface area contributed by atoms with E-state index in [1.165, 1.54) is 5.56 Å². The maximum absolute atomic E-state index is 5.67. The van der Waals surface area contributed by atoms with Crippen molar-refractivity contribution in [3.05, 3.63) is 35.8 Å². The Balaban J connectivity index is 2.07. The van der Waals surface area contributed by atoms with Crippen LogP contribution in [0.25, 0.3) is 5.65 Å². The number of ether oxygens (including phenoxy) is 1. The van der Waals surface area contributed by atoms with E-state index in [0.29, 0.717) is 0 Å². The molecule has 0 spiro atoms. The number of fused-ring (bicyclic) bond motifs is 1. The predicted molar refractivity (Wildman–Crippen MR) is 62.5 cm³/mol. The lowest BCUT2D eigenvalue weighted by Crippen LogP contribution is -1.95. The van der Waals surface area contributed by atoms with Crippen molar-refractivity contribution < 1.29 is 4.74 Å². The van der Waals surface area contributed by atoms with Gasteiger partial charge in [0.25, 0.3) is 0 Å². The lowest BCUT2D eigenvalue weighted by Gasteiger charge is -2.03. The summed E-state index contributed by atoms with van der Waals surface area (Å²) in [5, 5.41) is 0. The largest absolute Gasteiger partial charge is 0.372 e. The highest BCUT2D eigenvalue weighted by atomic mass is 16.5. The first-order chi connectivity index (χ1) is 7.88. The van der Waals surface area contributed by atoms with E-state index in [1.54, 1.807) is 0 Å². The van der Waals surface area contributed by atoms with E-state index in [0.717, 1.165) is 37.2 Å². The highest BCUT2D eigenvalue weighted by molar-refractivity contribution is 5.49. The minimum atomic E-state index is 0.213. The first-order valence-electron chi connectivity index (χ1n) is 5.96. The zero-order chi connectivity index (χ0) is 11.0. The number of hydrogen-bond acceptors (Lipinski definition) is 2. The molecule has 1 saturated heterocycles. The van der Waals surface area contributed by atoms with Gasteiger partial charge in [0.05, 0.1) is 5.69 Å². The Labute approximate surface area is 95.1 Å². The van der Waals surface area contributed by atoms with E-state index in [9.17, 15) is 0 Å². The third-order valence-electron chi connectivity index (χ3n) is 3.22. The van der Waals surface area contributed by atoms with Crippen LogP contribution in [0.4, 0.5) is 0 Å².